The summed E-state index contributed by atoms with van der Waals surface area (Å²) in [5.74, 6) is -0.0444. The van der Waals surface area contributed by atoms with Gasteiger partial charge >= 0.3 is 6.18 Å². The zero-order valence-electron chi connectivity index (χ0n) is 12.5. The molecule has 0 aliphatic heterocycles. The topological polar surface area (TPSA) is 83.3 Å². The molecule has 0 spiro atoms. The predicted molar refractivity (Wildman–Crippen MR) is 82.8 cm³/mol. The molecule has 1 aromatic carbocycles. The molecule has 128 valence electrons. The van der Waals surface area contributed by atoms with Gasteiger partial charge in [-0.2, -0.15) is 23.4 Å². The number of halogens is 3. The van der Waals surface area contributed by atoms with Crippen LogP contribution in [0.4, 0.5) is 13.2 Å². The molecule has 2 heterocycles. The number of hydrogen-bond donors (Lipinski definition) is 2. The van der Waals surface area contributed by atoms with E-state index in [9.17, 15) is 18.0 Å². The van der Waals surface area contributed by atoms with Crippen LogP contribution in [-0.4, -0.2) is 22.3 Å². The van der Waals surface area contributed by atoms with Crippen molar-refractivity contribution in [1.29, 1.82) is 0 Å². The molecule has 3 aromatic rings. The SMILES string of the molecule is O=C(NN=Cc1ccc(C(F)(F)F)cc1)c1cc(-c2ccco2)[nH]n1. The lowest BCUT2D eigenvalue weighted by Crippen LogP contribution is -2.18. The van der Waals surface area contributed by atoms with E-state index < -0.39 is 17.6 Å². The molecule has 0 aliphatic rings. The van der Waals surface area contributed by atoms with Crippen LogP contribution in [0, 0.1) is 0 Å². The lowest BCUT2D eigenvalue weighted by molar-refractivity contribution is -0.137. The number of benzene rings is 1. The van der Waals surface area contributed by atoms with Gasteiger partial charge in [-0.1, -0.05) is 12.1 Å². The average Bonchev–Trinajstić information content (AvgIpc) is 3.25. The number of carbonyl (C=O) groups is 1. The number of hydrogen-bond acceptors (Lipinski definition) is 4. The fourth-order valence-corrected chi connectivity index (χ4v) is 1.98. The Morgan fingerprint density at radius 1 is 1.24 bits per heavy atom. The second kappa shape index (κ2) is 6.63. The second-order valence-electron chi connectivity index (χ2n) is 4.96. The first-order valence-electron chi connectivity index (χ1n) is 7.03. The number of alkyl halides is 3. The zero-order valence-corrected chi connectivity index (χ0v) is 12.5. The number of rotatable bonds is 4. The summed E-state index contributed by atoms with van der Waals surface area (Å²) >= 11 is 0. The maximum Gasteiger partial charge on any atom is 0.416 e. The first kappa shape index (κ1) is 16.5. The molecule has 0 radical (unpaired) electrons. The molecule has 25 heavy (non-hydrogen) atoms. The molecule has 1 amide bonds. The van der Waals surface area contributed by atoms with Gasteiger partial charge in [-0.05, 0) is 29.8 Å². The van der Waals surface area contributed by atoms with E-state index in [2.05, 4.69) is 20.7 Å². The number of nitrogens with one attached hydrogen (secondary N) is 2. The highest BCUT2D eigenvalue weighted by Gasteiger charge is 2.29. The average molecular weight is 348 g/mol. The minimum atomic E-state index is -4.39. The van der Waals surface area contributed by atoms with Crippen molar-refractivity contribution < 1.29 is 22.4 Å². The minimum Gasteiger partial charge on any atom is -0.463 e. The van der Waals surface area contributed by atoms with E-state index in [0.29, 0.717) is 17.0 Å². The number of furan rings is 1. The Balaban J connectivity index is 1.61. The number of hydrazone groups is 1. The van der Waals surface area contributed by atoms with Crippen molar-refractivity contribution in [2.45, 2.75) is 6.18 Å². The first-order valence-corrected chi connectivity index (χ1v) is 7.03. The van der Waals surface area contributed by atoms with Crippen LogP contribution in [0.1, 0.15) is 21.6 Å². The van der Waals surface area contributed by atoms with Gasteiger partial charge in [0.25, 0.3) is 5.91 Å². The van der Waals surface area contributed by atoms with Crippen LogP contribution in [0.5, 0.6) is 0 Å². The third kappa shape index (κ3) is 3.94. The molecule has 9 heteroatoms. The van der Waals surface area contributed by atoms with Crippen molar-refractivity contribution in [2.75, 3.05) is 0 Å². The van der Waals surface area contributed by atoms with Crippen molar-refractivity contribution in [3.63, 3.8) is 0 Å². The number of nitrogens with zero attached hydrogens (tertiary/aromatic N) is 2. The Bertz CT molecular complexity index is 881. The van der Waals surface area contributed by atoms with Gasteiger partial charge in [0.15, 0.2) is 11.5 Å². The van der Waals surface area contributed by atoms with E-state index in [1.807, 2.05) is 0 Å². The number of H-pyrrole nitrogens is 1. The molecule has 6 nitrogen and oxygen atoms in total. The second-order valence-corrected chi connectivity index (χ2v) is 4.96. The molecule has 2 N–H and O–H groups in total. The van der Waals surface area contributed by atoms with Gasteiger partial charge in [0.2, 0.25) is 0 Å². The molecule has 0 aliphatic carbocycles. The molecule has 0 unspecified atom stereocenters. The molecular formula is C16H11F3N4O2. The zero-order chi connectivity index (χ0) is 17.9. The van der Waals surface area contributed by atoms with E-state index in [1.165, 1.54) is 30.7 Å². The largest absolute Gasteiger partial charge is 0.463 e. The van der Waals surface area contributed by atoms with Crippen LogP contribution in [0.2, 0.25) is 0 Å². The van der Waals surface area contributed by atoms with Crippen LogP contribution >= 0.6 is 0 Å². The molecule has 0 atom stereocenters. The maximum atomic E-state index is 12.5. The van der Waals surface area contributed by atoms with E-state index in [4.69, 9.17) is 4.42 Å². The standard InChI is InChI=1S/C16H11F3N4O2/c17-16(18,19)11-5-3-10(4-6-11)9-20-23-15(24)13-8-12(21-22-13)14-2-1-7-25-14/h1-9H,(H,21,22)(H,23,24). The number of carbonyl (C=O) groups excluding carboxylic acids is 1. The van der Waals surface area contributed by atoms with Gasteiger partial charge in [-0.15, -0.1) is 0 Å². The van der Waals surface area contributed by atoms with Gasteiger partial charge < -0.3 is 4.42 Å². The summed E-state index contributed by atoms with van der Waals surface area (Å²) < 4.78 is 42.6. The normalized spacial score (nSPS) is 11.8. The number of amides is 1. The molecule has 0 saturated carbocycles. The number of aromatic nitrogens is 2. The lowest BCUT2D eigenvalue weighted by atomic mass is 10.1. The lowest BCUT2D eigenvalue weighted by Gasteiger charge is -2.05. The Morgan fingerprint density at radius 3 is 2.64 bits per heavy atom. The first-order chi connectivity index (χ1) is 11.9. The summed E-state index contributed by atoms with van der Waals surface area (Å²) in [5, 5.41) is 10.2. The predicted octanol–water partition coefficient (Wildman–Crippen LogP) is 3.45. The van der Waals surface area contributed by atoms with Gasteiger partial charge in [0.05, 0.1) is 18.0 Å². The van der Waals surface area contributed by atoms with Crippen LogP contribution in [0.25, 0.3) is 11.5 Å². The van der Waals surface area contributed by atoms with Crippen LogP contribution < -0.4 is 5.43 Å². The maximum absolute atomic E-state index is 12.5. The van der Waals surface area contributed by atoms with Crippen molar-refractivity contribution in [3.05, 3.63) is 65.5 Å². The van der Waals surface area contributed by atoms with Crippen LogP contribution in [0.3, 0.4) is 0 Å². The quantitative estimate of drug-likeness (QED) is 0.559. The highest BCUT2D eigenvalue weighted by atomic mass is 19.4. The van der Waals surface area contributed by atoms with Gasteiger partial charge in [0.1, 0.15) is 5.69 Å². The Hall–Kier alpha value is -3.36. The fourth-order valence-electron chi connectivity index (χ4n) is 1.98. The minimum absolute atomic E-state index is 0.0935. The summed E-state index contributed by atoms with van der Waals surface area (Å²) in [4.78, 5) is 11.9. The van der Waals surface area contributed by atoms with Gasteiger partial charge in [-0.3, -0.25) is 9.89 Å². The van der Waals surface area contributed by atoms with Crippen LogP contribution in [0.15, 0.2) is 58.2 Å². The highest BCUT2D eigenvalue weighted by Crippen LogP contribution is 2.28. The van der Waals surface area contributed by atoms with Gasteiger partial charge in [0, 0.05) is 6.07 Å². The van der Waals surface area contributed by atoms with Crippen molar-refractivity contribution in [3.8, 4) is 11.5 Å². The summed E-state index contributed by atoms with van der Waals surface area (Å²) in [5.41, 5.74) is 2.52. The molecule has 0 saturated heterocycles. The van der Waals surface area contributed by atoms with Crippen LogP contribution in [-0.2, 0) is 6.18 Å². The number of aromatic amines is 1. The fraction of sp³-hybridized carbons (Fsp3) is 0.0625. The van der Waals surface area contributed by atoms with Crippen molar-refractivity contribution in [1.82, 2.24) is 15.6 Å². The molecule has 3 rings (SSSR count). The monoisotopic (exact) mass is 348 g/mol. The summed E-state index contributed by atoms with van der Waals surface area (Å²) in [6.45, 7) is 0. The third-order valence-electron chi connectivity index (χ3n) is 3.21. The summed E-state index contributed by atoms with van der Waals surface area (Å²) in [7, 11) is 0. The summed E-state index contributed by atoms with van der Waals surface area (Å²) in [6, 6.07) is 9.27. The summed E-state index contributed by atoms with van der Waals surface area (Å²) in [6.07, 6.45) is -1.67. The highest BCUT2D eigenvalue weighted by molar-refractivity contribution is 5.93. The molecule has 2 aromatic heterocycles. The van der Waals surface area contributed by atoms with E-state index >= 15 is 0 Å². The van der Waals surface area contributed by atoms with Gasteiger partial charge in [-0.25, -0.2) is 5.43 Å². The Morgan fingerprint density at radius 2 is 2.00 bits per heavy atom. The van der Waals surface area contributed by atoms with E-state index in [-0.39, 0.29) is 5.69 Å². The Labute approximate surface area is 139 Å². The van der Waals surface area contributed by atoms with E-state index in [1.54, 1.807) is 12.1 Å². The molecule has 0 bridgehead atoms. The van der Waals surface area contributed by atoms with E-state index in [0.717, 1.165) is 12.1 Å². The van der Waals surface area contributed by atoms with Crippen molar-refractivity contribution in [2.24, 2.45) is 5.10 Å². The molecule has 0 fully saturated rings. The smallest absolute Gasteiger partial charge is 0.416 e. The molecular weight excluding hydrogens is 337 g/mol. The Kier molecular flexibility index (Phi) is 4.38. The van der Waals surface area contributed by atoms with Crippen molar-refractivity contribution >= 4 is 12.1 Å². The third-order valence-corrected chi connectivity index (χ3v) is 3.21.